The zero-order valence-electron chi connectivity index (χ0n) is 20.6. The van der Waals surface area contributed by atoms with Crippen molar-refractivity contribution in [3.63, 3.8) is 0 Å². The molecule has 0 bridgehead atoms. The van der Waals surface area contributed by atoms with E-state index in [0.29, 0.717) is 3.57 Å². The summed E-state index contributed by atoms with van der Waals surface area (Å²) in [7, 11) is -1.51. The summed E-state index contributed by atoms with van der Waals surface area (Å²) in [5.41, 5.74) is 0.552. The van der Waals surface area contributed by atoms with Crippen LogP contribution in [-0.4, -0.2) is 45.0 Å². The topological polar surface area (TPSA) is 115 Å². The van der Waals surface area contributed by atoms with E-state index in [1.54, 1.807) is 0 Å². The average Bonchev–Trinajstić information content (AvgIpc) is 2.87. The number of nitrogens with zero attached hydrogens (tertiary/aromatic N) is 2. The largest absolute Gasteiger partial charge is 0.350 e. The molecule has 1 heterocycles. The van der Waals surface area contributed by atoms with Crippen molar-refractivity contribution in [2.45, 2.75) is 6.42 Å². The molecule has 0 radical (unpaired) electrons. The van der Waals surface area contributed by atoms with Crippen LogP contribution in [0.25, 0.3) is 0 Å². The Hall–Kier alpha value is -3.28. The number of anilines is 3. The quantitative estimate of drug-likeness (QED) is 0.105. The third kappa shape index (κ3) is 7.43. The predicted molar refractivity (Wildman–Crippen MR) is 148 cm³/mol. The normalized spacial score (nSPS) is 11.4. The minimum atomic E-state index is -4.12. The Morgan fingerprint density at radius 3 is 2.46 bits per heavy atom. The number of benzene rings is 2. The van der Waals surface area contributed by atoms with Crippen LogP contribution < -0.4 is 20.2 Å². The lowest BCUT2D eigenvalue weighted by Crippen LogP contribution is -2.39. The predicted octanol–water partition coefficient (Wildman–Crippen LogP) is 4.22. The molecule has 0 unspecified atom stereocenters. The number of likely N-dealkylation sites (N-methyl/N-ethyl adjacent to an activating group) is 1. The number of hydrogen-bond donors (Lipinski definition) is 4. The Morgan fingerprint density at radius 2 is 1.82 bits per heavy atom. The molecule has 1 amide bonds. The smallest absolute Gasteiger partial charge is 0.300 e. The summed E-state index contributed by atoms with van der Waals surface area (Å²) < 4.78 is 88.1. The molecule has 15 heteroatoms. The Bertz CT molecular complexity index is 1520. The van der Waals surface area contributed by atoms with Gasteiger partial charge in [-0.25, -0.2) is 32.3 Å². The highest BCUT2D eigenvalue weighted by molar-refractivity contribution is 14.1. The van der Waals surface area contributed by atoms with Crippen molar-refractivity contribution >= 4 is 55.9 Å². The highest BCUT2D eigenvalue weighted by Crippen LogP contribution is 2.32. The first-order valence-electron chi connectivity index (χ1n) is 11.1. The first kappa shape index (κ1) is 30.3. The Balaban J connectivity index is 2.10. The maximum absolute atomic E-state index is 15.4. The van der Waals surface area contributed by atoms with Crippen molar-refractivity contribution in [2.75, 3.05) is 30.7 Å². The second kappa shape index (κ2) is 12.7. The van der Waals surface area contributed by atoms with E-state index >= 15 is 13.2 Å². The Labute approximate surface area is 236 Å². The van der Waals surface area contributed by atoms with Gasteiger partial charge in [0.2, 0.25) is 0 Å². The molecule has 0 fully saturated rings. The molecule has 0 aliphatic heterocycles. The van der Waals surface area contributed by atoms with Crippen LogP contribution in [0.5, 0.6) is 0 Å². The van der Waals surface area contributed by atoms with Crippen LogP contribution >= 0.6 is 22.6 Å². The number of pyridine rings is 1. The molecule has 0 saturated heterocycles. The van der Waals surface area contributed by atoms with E-state index < -0.39 is 68.4 Å². The van der Waals surface area contributed by atoms with Gasteiger partial charge in [-0.15, -0.1) is 6.58 Å². The fourth-order valence-corrected chi connectivity index (χ4v) is 4.33. The molecule has 1 aromatic heterocycles. The van der Waals surface area contributed by atoms with Crippen molar-refractivity contribution in [1.29, 1.82) is 0 Å². The van der Waals surface area contributed by atoms with Crippen LogP contribution in [-0.2, 0) is 16.6 Å². The standard InChI is InChI=1S/C24H23F4IN6O3S/c1-4-9-35(3)33-24(36)16-11-14(10-13-7-8-31-23(20(13)27)34-39(37,38)30-2)19(26)21(28)22(16)32-18-6-5-15(29)12-17(18)25/h4-8,11-12,30,32H,1,9-10H2,2-3H3,(H,31,34)(H,33,36). The fraction of sp³-hybridized carbons (Fsp3) is 0.167. The van der Waals surface area contributed by atoms with Gasteiger partial charge in [-0.3, -0.25) is 14.9 Å². The van der Waals surface area contributed by atoms with Crippen LogP contribution in [0.15, 0.2) is 49.2 Å². The van der Waals surface area contributed by atoms with Crippen LogP contribution in [0.2, 0.25) is 0 Å². The third-order valence-corrected chi connectivity index (χ3v) is 6.93. The number of nitrogens with one attached hydrogen (secondary N) is 4. The SMILES string of the molecule is C=CCN(C)NC(=O)c1cc(Cc2ccnc(NS(=O)(=O)NC)c2F)c(F)c(F)c1Nc1ccc(I)cc1F. The van der Waals surface area contributed by atoms with Crippen molar-refractivity contribution in [1.82, 2.24) is 20.1 Å². The van der Waals surface area contributed by atoms with Gasteiger partial charge < -0.3 is 5.32 Å². The maximum Gasteiger partial charge on any atom is 0.300 e. The fourth-order valence-electron chi connectivity index (χ4n) is 3.38. The zero-order valence-corrected chi connectivity index (χ0v) is 23.6. The van der Waals surface area contributed by atoms with Gasteiger partial charge in [-0.1, -0.05) is 6.08 Å². The number of carbonyl (C=O) groups is 1. The Morgan fingerprint density at radius 1 is 1.10 bits per heavy atom. The van der Waals surface area contributed by atoms with Gasteiger partial charge in [0.25, 0.3) is 16.1 Å². The molecule has 3 rings (SSSR count). The minimum absolute atomic E-state index is 0.211. The van der Waals surface area contributed by atoms with E-state index in [0.717, 1.165) is 31.4 Å². The molecule has 208 valence electrons. The lowest BCUT2D eigenvalue weighted by molar-refractivity contribution is 0.0842. The summed E-state index contributed by atoms with van der Waals surface area (Å²) >= 11 is 1.88. The molecule has 0 spiro atoms. The molecule has 0 saturated carbocycles. The number of hydrazine groups is 1. The molecule has 4 N–H and O–H groups in total. The molecular weight excluding hydrogens is 655 g/mol. The van der Waals surface area contributed by atoms with E-state index in [2.05, 4.69) is 22.3 Å². The lowest BCUT2D eigenvalue weighted by atomic mass is 9.99. The summed E-state index contributed by atoms with van der Waals surface area (Å²) in [5.74, 6) is -6.36. The van der Waals surface area contributed by atoms with Crippen molar-refractivity contribution in [3.8, 4) is 0 Å². The molecular formula is C24H23F4IN6O3S. The summed E-state index contributed by atoms with van der Waals surface area (Å²) in [4.78, 5) is 16.7. The number of carbonyl (C=O) groups excluding carboxylic acids is 1. The second-order valence-electron chi connectivity index (χ2n) is 8.06. The van der Waals surface area contributed by atoms with Crippen LogP contribution in [0.3, 0.4) is 0 Å². The molecule has 0 atom stereocenters. The number of halogens is 5. The summed E-state index contributed by atoms with van der Waals surface area (Å²) in [6, 6.07) is 6.13. The molecule has 39 heavy (non-hydrogen) atoms. The number of rotatable bonds is 11. The van der Waals surface area contributed by atoms with E-state index in [-0.39, 0.29) is 17.8 Å². The maximum atomic E-state index is 15.4. The van der Waals surface area contributed by atoms with Crippen molar-refractivity contribution in [2.24, 2.45) is 0 Å². The minimum Gasteiger partial charge on any atom is -0.350 e. The van der Waals surface area contributed by atoms with Gasteiger partial charge in [0.05, 0.1) is 16.9 Å². The van der Waals surface area contributed by atoms with E-state index in [9.17, 15) is 17.6 Å². The lowest BCUT2D eigenvalue weighted by Gasteiger charge is -2.20. The van der Waals surface area contributed by atoms with E-state index in [1.165, 1.54) is 30.3 Å². The molecule has 0 aliphatic rings. The van der Waals surface area contributed by atoms with Crippen LogP contribution in [0.1, 0.15) is 21.5 Å². The summed E-state index contributed by atoms with van der Waals surface area (Å²) in [6.45, 7) is 3.77. The second-order valence-corrected chi connectivity index (χ2v) is 10.9. The van der Waals surface area contributed by atoms with Gasteiger partial charge in [-0.05, 0) is 64.0 Å². The average molecular weight is 678 g/mol. The van der Waals surface area contributed by atoms with Gasteiger partial charge in [0, 0.05) is 36.8 Å². The number of aromatic nitrogens is 1. The first-order valence-corrected chi connectivity index (χ1v) is 13.6. The van der Waals surface area contributed by atoms with Crippen molar-refractivity contribution < 1.29 is 30.8 Å². The highest BCUT2D eigenvalue weighted by Gasteiger charge is 2.25. The van der Waals surface area contributed by atoms with E-state index in [1.807, 2.05) is 32.0 Å². The Kier molecular flexibility index (Phi) is 9.87. The van der Waals surface area contributed by atoms with E-state index in [4.69, 9.17) is 0 Å². The van der Waals surface area contributed by atoms with Gasteiger partial charge >= 0.3 is 0 Å². The summed E-state index contributed by atoms with van der Waals surface area (Å²) in [5, 5.41) is 3.77. The zero-order chi connectivity index (χ0) is 28.9. The van der Waals surface area contributed by atoms with Gasteiger partial charge in [0.15, 0.2) is 23.3 Å². The summed E-state index contributed by atoms with van der Waals surface area (Å²) in [6.07, 6.45) is 1.99. The van der Waals surface area contributed by atoms with Crippen LogP contribution in [0, 0.1) is 26.8 Å². The number of amides is 1. The van der Waals surface area contributed by atoms with Gasteiger partial charge in [-0.2, -0.15) is 8.42 Å². The number of hydrogen-bond acceptors (Lipinski definition) is 6. The first-order chi connectivity index (χ1) is 18.4. The molecule has 3 aromatic rings. The van der Waals surface area contributed by atoms with Crippen molar-refractivity contribution in [3.05, 3.63) is 92.7 Å². The highest BCUT2D eigenvalue weighted by atomic mass is 127. The molecule has 0 aliphatic carbocycles. The van der Waals surface area contributed by atoms with Gasteiger partial charge in [0.1, 0.15) is 5.82 Å². The molecule has 2 aromatic carbocycles. The molecule has 9 nitrogen and oxygen atoms in total. The third-order valence-electron chi connectivity index (χ3n) is 5.26. The monoisotopic (exact) mass is 678 g/mol. The van der Waals surface area contributed by atoms with Crippen LogP contribution in [0.4, 0.5) is 34.8 Å².